The quantitative estimate of drug-likeness (QED) is 0.780. The summed E-state index contributed by atoms with van der Waals surface area (Å²) < 4.78 is 0. The maximum Gasteiger partial charge on any atom is 0.260 e. The van der Waals surface area contributed by atoms with E-state index in [0.29, 0.717) is 11.3 Å². The summed E-state index contributed by atoms with van der Waals surface area (Å²) in [6.45, 7) is 1.70. The number of nitrogens with zero attached hydrogens (tertiary/aromatic N) is 2. The van der Waals surface area contributed by atoms with Crippen LogP contribution in [0.25, 0.3) is 10.9 Å². The third kappa shape index (κ3) is 1.97. The highest BCUT2D eigenvalue weighted by atomic mass is 16.1. The standard InChI is InChI=1S/C13H16N4O/c14-9-5-7-17(8-6-9)13-15-11-4-2-1-3-10(11)12(18)16-13/h1-4,9H,5-8,14H2,(H,15,16,18). The molecular formula is C13H16N4O. The number of nitrogens with one attached hydrogen (secondary N) is 1. The molecule has 3 rings (SSSR count). The van der Waals surface area contributed by atoms with E-state index in [-0.39, 0.29) is 11.6 Å². The monoisotopic (exact) mass is 244 g/mol. The Morgan fingerprint density at radius 2 is 2.00 bits per heavy atom. The average molecular weight is 244 g/mol. The van der Waals surface area contributed by atoms with Crippen molar-refractivity contribution in [2.75, 3.05) is 18.0 Å². The number of hydrogen-bond acceptors (Lipinski definition) is 4. The van der Waals surface area contributed by atoms with Gasteiger partial charge in [0.1, 0.15) is 0 Å². The Balaban J connectivity index is 2.00. The van der Waals surface area contributed by atoms with Crippen molar-refractivity contribution in [1.29, 1.82) is 0 Å². The van der Waals surface area contributed by atoms with Gasteiger partial charge in [0.2, 0.25) is 5.95 Å². The highest BCUT2D eigenvalue weighted by Gasteiger charge is 2.18. The van der Waals surface area contributed by atoms with Gasteiger partial charge in [-0.25, -0.2) is 4.98 Å². The van der Waals surface area contributed by atoms with Gasteiger partial charge >= 0.3 is 0 Å². The van der Waals surface area contributed by atoms with E-state index < -0.39 is 0 Å². The zero-order valence-electron chi connectivity index (χ0n) is 10.1. The molecular weight excluding hydrogens is 228 g/mol. The summed E-state index contributed by atoms with van der Waals surface area (Å²) in [5, 5.41) is 0.634. The molecule has 1 aromatic heterocycles. The summed E-state index contributed by atoms with van der Waals surface area (Å²) in [6.07, 6.45) is 1.88. The van der Waals surface area contributed by atoms with E-state index in [0.717, 1.165) is 31.4 Å². The Morgan fingerprint density at radius 3 is 2.78 bits per heavy atom. The molecule has 2 heterocycles. The largest absolute Gasteiger partial charge is 0.342 e. The third-order valence-electron chi connectivity index (χ3n) is 3.44. The molecule has 5 nitrogen and oxygen atoms in total. The van der Waals surface area contributed by atoms with Crippen LogP contribution in [0.4, 0.5) is 5.95 Å². The van der Waals surface area contributed by atoms with Gasteiger partial charge in [0, 0.05) is 19.1 Å². The van der Waals surface area contributed by atoms with Crippen molar-refractivity contribution in [2.45, 2.75) is 18.9 Å². The van der Waals surface area contributed by atoms with Crippen molar-refractivity contribution >= 4 is 16.9 Å². The number of anilines is 1. The van der Waals surface area contributed by atoms with Crippen LogP contribution in [0.15, 0.2) is 29.1 Å². The second kappa shape index (κ2) is 4.42. The van der Waals surface area contributed by atoms with Crippen LogP contribution in [0.5, 0.6) is 0 Å². The Bertz CT molecular complexity index is 614. The maximum absolute atomic E-state index is 12.0. The molecule has 3 N–H and O–H groups in total. The van der Waals surface area contributed by atoms with Gasteiger partial charge in [-0.1, -0.05) is 12.1 Å². The number of aromatic nitrogens is 2. The molecule has 0 bridgehead atoms. The lowest BCUT2D eigenvalue weighted by Gasteiger charge is -2.30. The summed E-state index contributed by atoms with van der Waals surface area (Å²) in [7, 11) is 0. The van der Waals surface area contributed by atoms with Crippen molar-refractivity contribution < 1.29 is 0 Å². The number of benzene rings is 1. The van der Waals surface area contributed by atoms with Gasteiger partial charge in [0.05, 0.1) is 10.9 Å². The fourth-order valence-electron chi connectivity index (χ4n) is 2.34. The van der Waals surface area contributed by atoms with Gasteiger partial charge in [-0.05, 0) is 25.0 Å². The van der Waals surface area contributed by atoms with E-state index >= 15 is 0 Å². The van der Waals surface area contributed by atoms with Crippen molar-refractivity contribution in [3.8, 4) is 0 Å². The van der Waals surface area contributed by atoms with E-state index in [1.807, 2.05) is 18.2 Å². The van der Waals surface area contributed by atoms with Crippen LogP contribution >= 0.6 is 0 Å². The second-order valence-corrected chi connectivity index (χ2v) is 4.73. The number of rotatable bonds is 1. The average Bonchev–Trinajstić information content (AvgIpc) is 2.39. The van der Waals surface area contributed by atoms with Gasteiger partial charge in [-0.15, -0.1) is 0 Å². The normalized spacial score (nSPS) is 17.3. The lowest BCUT2D eigenvalue weighted by molar-refractivity contribution is 0.495. The summed E-state index contributed by atoms with van der Waals surface area (Å²) in [5.41, 5.74) is 6.54. The number of piperidine rings is 1. The molecule has 1 fully saturated rings. The predicted octanol–water partition coefficient (Wildman–Crippen LogP) is 0.851. The first-order chi connectivity index (χ1) is 8.74. The molecule has 0 unspecified atom stereocenters. The topological polar surface area (TPSA) is 75.0 Å². The van der Waals surface area contributed by atoms with Crippen LogP contribution in [0, 0.1) is 0 Å². The minimum absolute atomic E-state index is 0.0783. The number of aromatic amines is 1. The van der Waals surface area contributed by atoms with E-state index in [2.05, 4.69) is 14.9 Å². The Labute approximate surface area is 105 Å². The lowest BCUT2D eigenvalue weighted by Crippen LogP contribution is -2.41. The van der Waals surface area contributed by atoms with E-state index in [1.165, 1.54) is 0 Å². The molecule has 0 saturated carbocycles. The van der Waals surface area contributed by atoms with Crippen LogP contribution in [-0.4, -0.2) is 29.1 Å². The molecule has 5 heteroatoms. The molecule has 1 saturated heterocycles. The molecule has 2 aromatic rings. The second-order valence-electron chi connectivity index (χ2n) is 4.73. The molecule has 1 aliphatic rings. The van der Waals surface area contributed by atoms with Crippen LogP contribution in [0.1, 0.15) is 12.8 Å². The number of nitrogens with two attached hydrogens (primary N) is 1. The van der Waals surface area contributed by atoms with Crippen LogP contribution in [0.2, 0.25) is 0 Å². The smallest absolute Gasteiger partial charge is 0.260 e. The number of fused-ring (bicyclic) bond motifs is 1. The first-order valence-electron chi connectivity index (χ1n) is 6.23. The van der Waals surface area contributed by atoms with Gasteiger partial charge in [-0.3, -0.25) is 9.78 Å². The highest BCUT2D eigenvalue weighted by Crippen LogP contribution is 2.16. The van der Waals surface area contributed by atoms with Crippen molar-refractivity contribution in [1.82, 2.24) is 9.97 Å². The number of para-hydroxylation sites is 1. The van der Waals surface area contributed by atoms with E-state index in [9.17, 15) is 4.79 Å². The molecule has 0 amide bonds. The van der Waals surface area contributed by atoms with Crippen LogP contribution in [-0.2, 0) is 0 Å². The Kier molecular flexibility index (Phi) is 2.76. The van der Waals surface area contributed by atoms with Gasteiger partial charge in [0.25, 0.3) is 5.56 Å². The van der Waals surface area contributed by atoms with E-state index in [1.54, 1.807) is 6.07 Å². The molecule has 18 heavy (non-hydrogen) atoms. The molecule has 94 valence electrons. The van der Waals surface area contributed by atoms with Crippen LogP contribution < -0.4 is 16.2 Å². The predicted molar refractivity (Wildman–Crippen MR) is 71.8 cm³/mol. The molecule has 0 spiro atoms. The summed E-state index contributed by atoms with van der Waals surface area (Å²) in [5.74, 6) is 0.658. The fourth-order valence-corrected chi connectivity index (χ4v) is 2.34. The van der Waals surface area contributed by atoms with Gasteiger partial charge in [-0.2, -0.15) is 0 Å². The number of hydrogen-bond donors (Lipinski definition) is 2. The Morgan fingerprint density at radius 1 is 1.28 bits per heavy atom. The molecule has 0 radical (unpaired) electrons. The first-order valence-corrected chi connectivity index (χ1v) is 6.23. The lowest BCUT2D eigenvalue weighted by atomic mass is 10.1. The van der Waals surface area contributed by atoms with Crippen molar-refractivity contribution in [2.24, 2.45) is 5.73 Å². The van der Waals surface area contributed by atoms with Crippen molar-refractivity contribution in [3.05, 3.63) is 34.6 Å². The highest BCUT2D eigenvalue weighted by molar-refractivity contribution is 5.78. The minimum atomic E-state index is -0.0783. The molecule has 0 atom stereocenters. The zero-order chi connectivity index (χ0) is 12.5. The molecule has 1 aliphatic heterocycles. The Hall–Kier alpha value is -1.88. The first kappa shape index (κ1) is 11.2. The van der Waals surface area contributed by atoms with Gasteiger partial charge in [0.15, 0.2) is 0 Å². The van der Waals surface area contributed by atoms with Crippen LogP contribution in [0.3, 0.4) is 0 Å². The SMILES string of the molecule is NC1CCN(c2nc3ccccc3c(=O)[nH]2)CC1. The van der Waals surface area contributed by atoms with Gasteiger partial charge < -0.3 is 10.6 Å². The van der Waals surface area contributed by atoms with E-state index in [4.69, 9.17) is 5.73 Å². The zero-order valence-corrected chi connectivity index (χ0v) is 10.1. The maximum atomic E-state index is 12.0. The molecule has 1 aromatic carbocycles. The fraction of sp³-hybridized carbons (Fsp3) is 0.385. The summed E-state index contributed by atoms with van der Waals surface area (Å²) in [4.78, 5) is 21.4. The van der Waals surface area contributed by atoms with Crippen molar-refractivity contribution in [3.63, 3.8) is 0 Å². The summed E-state index contributed by atoms with van der Waals surface area (Å²) in [6, 6.07) is 7.66. The third-order valence-corrected chi connectivity index (χ3v) is 3.44. The molecule has 0 aliphatic carbocycles. The summed E-state index contributed by atoms with van der Waals surface area (Å²) >= 11 is 0. The number of H-pyrrole nitrogens is 1. The minimum Gasteiger partial charge on any atom is -0.342 e.